The highest BCUT2D eigenvalue weighted by Crippen LogP contribution is 2.43. The number of aromatic nitrogens is 6. The van der Waals surface area contributed by atoms with Gasteiger partial charge in [0, 0.05) is 48.7 Å². The van der Waals surface area contributed by atoms with Crippen molar-refractivity contribution in [2.45, 2.75) is 0 Å². The number of hydrogen-bond acceptors (Lipinski definition) is 6. The molecule has 0 saturated carbocycles. The summed E-state index contributed by atoms with van der Waals surface area (Å²) in [6.45, 7) is 0. The van der Waals surface area contributed by atoms with Gasteiger partial charge >= 0.3 is 0 Å². The zero-order valence-electron chi connectivity index (χ0n) is 33.2. The minimum atomic E-state index is 0.560. The fourth-order valence-electron chi connectivity index (χ4n) is 8.53. The van der Waals surface area contributed by atoms with Gasteiger partial charge in [0.25, 0.3) is 0 Å². The first-order chi connectivity index (χ1) is 30.7. The van der Waals surface area contributed by atoms with Crippen molar-refractivity contribution >= 4 is 53.4 Å². The van der Waals surface area contributed by atoms with Gasteiger partial charge < -0.3 is 4.57 Å². The quantitative estimate of drug-likeness (QED) is 0.160. The second-order valence-electron chi connectivity index (χ2n) is 15.3. The van der Waals surface area contributed by atoms with E-state index in [0.717, 1.165) is 92.4 Å². The van der Waals surface area contributed by atoms with Gasteiger partial charge in [-0.15, -0.1) is 11.3 Å². The number of fused-ring (bicyclic) bond motifs is 6. The Labute approximate surface area is 361 Å². The van der Waals surface area contributed by atoms with Crippen molar-refractivity contribution in [3.8, 4) is 73.6 Å². The van der Waals surface area contributed by atoms with E-state index in [2.05, 4.69) is 132 Å². The molecular formula is C55H34N6S. The largest absolute Gasteiger partial charge is 0.308 e. The molecule has 8 aromatic carbocycles. The third-order valence-electron chi connectivity index (χ3n) is 11.5. The van der Waals surface area contributed by atoms with Crippen molar-refractivity contribution < 1.29 is 0 Å². The number of thiophene rings is 1. The molecule has 0 fully saturated rings. The molecule has 0 atom stereocenters. The van der Waals surface area contributed by atoms with Crippen LogP contribution in [0.1, 0.15) is 0 Å². The van der Waals surface area contributed by atoms with Crippen LogP contribution in [0.5, 0.6) is 0 Å². The van der Waals surface area contributed by atoms with Crippen LogP contribution in [-0.4, -0.2) is 29.5 Å². The summed E-state index contributed by atoms with van der Waals surface area (Å²) in [5.41, 5.74) is 11.8. The van der Waals surface area contributed by atoms with E-state index in [4.69, 9.17) is 24.9 Å². The van der Waals surface area contributed by atoms with E-state index in [1.165, 1.54) is 0 Å². The van der Waals surface area contributed by atoms with Gasteiger partial charge in [-0.2, -0.15) is 0 Å². The Bertz CT molecular complexity index is 3560. The molecule has 62 heavy (non-hydrogen) atoms. The molecule has 6 nitrogen and oxygen atoms in total. The van der Waals surface area contributed by atoms with Crippen LogP contribution in [0.25, 0.3) is 116 Å². The molecule has 0 saturated heterocycles. The van der Waals surface area contributed by atoms with Gasteiger partial charge in [-0.1, -0.05) is 176 Å². The van der Waals surface area contributed by atoms with Crippen LogP contribution in [0, 0.1) is 0 Å². The number of benzene rings is 8. The third kappa shape index (κ3) is 6.14. The van der Waals surface area contributed by atoms with Gasteiger partial charge in [-0.3, -0.25) is 0 Å². The molecule has 12 rings (SSSR count). The SMILES string of the molecule is c1ccc(-c2ccc3c4ccccc4n(-c4ccc(-c5nc(-c6ccccc6)nc6c5sc5ccccc56)cc4-c4nc(-c5ccccc5)nc(-c5ccccc5)n4)c3c2)cc1. The van der Waals surface area contributed by atoms with E-state index in [1.807, 2.05) is 78.9 Å². The van der Waals surface area contributed by atoms with Crippen LogP contribution in [0.2, 0.25) is 0 Å². The smallest absolute Gasteiger partial charge is 0.166 e. The van der Waals surface area contributed by atoms with E-state index in [9.17, 15) is 0 Å². The van der Waals surface area contributed by atoms with Gasteiger partial charge in [-0.05, 0) is 41.5 Å². The van der Waals surface area contributed by atoms with Crippen LogP contribution >= 0.6 is 11.3 Å². The lowest BCUT2D eigenvalue weighted by Gasteiger charge is -2.17. The van der Waals surface area contributed by atoms with E-state index in [1.54, 1.807) is 11.3 Å². The second kappa shape index (κ2) is 14.9. The zero-order chi connectivity index (χ0) is 41.0. The molecule has 0 spiro atoms. The van der Waals surface area contributed by atoms with Gasteiger partial charge in [0.1, 0.15) is 0 Å². The fourth-order valence-corrected chi connectivity index (χ4v) is 9.68. The first-order valence-corrected chi connectivity index (χ1v) is 21.4. The molecule has 0 unspecified atom stereocenters. The molecule has 0 aliphatic carbocycles. The Morgan fingerprint density at radius 3 is 1.52 bits per heavy atom. The summed E-state index contributed by atoms with van der Waals surface area (Å²) in [6.07, 6.45) is 0. The van der Waals surface area contributed by atoms with Crippen molar-refractivity contribution in [2.75, 3.05) is 0 Å². The van der Waals surface area contributed by atoms with Crippen LogP contribution < -0.4 is 0 Å². The van der Waals surface area contributed by atoms with E-state index >= 15 is 0 Å². The molecule has 0 N–H and O–H groups in total. The number of rotatable bonds is 7. The standard InChI is InChI=1S/C55H34N6S/c1-5-17-35(18-6-1)39-29-31-42-41-25-13-15-27-45(41)61(47(42)34-39)46-32-30-40(49-51-50(43-26-14-16-28-48(43)62-51)57-52(56-49)36-19-7-2-8-20-36)33-44(46)55-59-53(37-21-9-3-10-22-37)58-54(60-55)38-23-11-4-12-24-38/h1-34H. The molecule has 290 valence electrons. The Morgan fingerprint density at radius 2 is 0.855 bits per heavy atom. The van der Waals surface area contributed by atoms with Crippen molar-refractivity contribution in [3.63, 3.8) is 0 Å². The van der Waals surface area contributed by atoms with Gasteiger partial charge in [0.2, 0.25) is 0 Å². The van der Waals surface area contributed by atoms with Crippen LogP contribution in [0.3, 0.4) is 0 Å². The highest BCUT2D eigenvalue weighted by atomic mass is 32.1. The van der Waals surface area contributed by atoms with Crippen molar-refractivity contribution in [3.05, 3.63) is 206 Å². The molecular weight excluding hydrogens is 777 g/mol. The minimum absolute atomic E-state index is 0.560. The zero-order valence-corrected chi connectivity index (χ0v) is 34.0. The monoisotopic (exact) mass is 810 g/mol. The maximum absolute atomic E-state index is 5.38. The molecule has 12 aromatic rings. The summed E-state index contributed by atoms with van der Waals surface area (Å²) in [7, 11) is 0. The normalized spacial score (nSPS) is 11.5. The number of para-hydroxylation sites is 1. The van der Waals surface area contributed by atoms with Crippen molar-refractivity contribution in [1.29, 1.82) is 0 Å². The summed E-state index contributed by atoms with van der Waals surface area (Å²) in [5.74, 6) is 2.43. The minimum Gasteiger partial charge on any atom is -0.308 e. The molecule has 0 amide bonds. The summed E-state index contributed by atoms with van der Waals surface area (Å²) >= 11 is 1.72. The summed E-state index contributed by atoms with van der Waals surface area (Å²) in [4.78, 5) is 26.3. The lowest BCUT2D eigenvalue weighted by molar-refractivity contribution is 1.06. The average Bonchev–Trinajstić information content (AvgIpc) is 3.90. The highest BCUT2D eigenvalue weighted by Gasteiger charge is 2.23. The third-order valence-corrected chi connectivity index (χ3v) is 12.7. The molecule has 0 aliphatic rings. The molecule has 0 aliphatic heterocycles. The highest BCUT2D eigenvalue weighted by molar-refractivity contribution is 7.26. The first kappa shape index (κ1) is 35.8. The fraction of sp³-hybridized carbons (Fsp3) is 0. The number of nitrogens with zero attached hydrogens (tertiary/aromatic N) is 6. The molecule has 0 radical (unpaired) electrons. The number of hydrogen-bond donors (Lipinski definition) is 0. The van der Waals surface area contributed by atoms with Gasteiger partial charge in [0.05, 0.1) is 32.6 Å². The summed E-state index contributed by atoms with van der Waals surface area (Å²) < 4.78 is 4.56. The molecule has 7 heteroatoms. The summed E-state index contributed by atoms with van der Waals surface area (Å²) in [5, 5.41) is 3.44. The Balaban J connectivity index is 1.18. The molecule has 4 aromatic heterocycles. The van der Waals surface area contributed by atoms with Gasteiger partial charge in [-0.25, -0.2) is 24.9 Å². The van der Waals surface area contributed by atoms with E-state index < -0.39 is 0 Å². The maximum atomic E-state index is 5.38. The van der Waals surface area contributed by atoms with E-state index in [0.29, 0.717) is 23.3 Å². The Morgan fingerprint density at radius 1 is 0.339 bits per heavy atom. The van der Waals surface area contributed by atoms with Crippen molar-refractivity contribution in [2.24, 2.45) is 0 Å². The predicted molar refractivity (Wildman–Crippen MR) is 255 cm³/mol. The van der Waals surface area contributed by atoms with Crippen LogP contribution in [0.15, 0.2) is 206 Å². The maximum Gasteiger partial charge on any atom is 0.166 e. The first-order valence-electron chi connectivity index (χ1n) is 20.6. The predicted octanol–water partition coefficient (Wildman–Crippen LogP) is 14.1. The van der Waals surface area contributed by atoms with Gasteiger partial charge in [0.15, 0.2) is 23.3 Å². The average molecular weight is 811 g/mol. The molecule has 4 heterocycles. The Hall–Kier alpha value is -8.13. The molecule has 0 bridgehead atoms. The second-order valence-corrected chi connectivity index (χ2v) is 16.3. The Kier molecular flexibility index (Phi) is 8.57. The lowest BCUT2D eigenvalue weighted by atomic mass is 10.0. The lowest BCUT2D eigenvalue weighted by Crippen LogP contribution is -2.04. The van der Waals surface area contributed by atoms with E-state index in [-0.39, 0.29) is 0 Å². The van der Waals surface area contributed by atoms with Crippen LogP contribution in [0.4, 0.5) is 0 Å². The topological polar surface area (TPSA) is 69.4 Å². The van der Waals surface area contributed by atoms with Crippen molar-refractivity contribution in [1.82, 2.24) is 29.5 Å². The summed E-state index contributed by atoms with van der Waals surface area (Å²) in [6, 6.07) is 71.6. The van der Waals surface area contributed by atoms with Crippen LogP contribution in [-0.2, 0) is 0 Å².